The first-order valence-electron chi connectivity index (χ1n) is 10.5. The molecule has 1 saturated carbocycles. The summed E-state index contributed by atoms with van der Waals surface area (Å²) in [6.45, 7) is 7.82. The van der Waals surface area contributed by atoms with Gasteiger partial charge < -0.3 is 0 Å². The summed E-state index contributed by atoms with van der Waals surface area (Å²) in [7, 11) is 0. The zero-order valence-electron chi connectivity index (χ0n) is 16.8. The Morgan fingerprint density at radius 1 is 1.00 bits per heavy atom. The number of hydrogen-bond acceptors (Lipinski definition) is 1. The highest BCUT2D eigenvalue weighted by molar-refractivity contribution is 5.94. The van der Waals surface area contributed by atoms with E-state index in [-0.39, 0.29) is 11.7 Å². The zero-order chi connectivity index (χ0) is 19.2. The predicted octanol–water partition coefficient (Wildman–Crippen LogP) is 7.29. The van der Waals surface area contributed by atoms with Crippen molar-refractivity contribution in [2.45, 2.75) is 64.2 Å². The summed E-state index contributed by atoms with van der Waals surface area (Å²) in [6, 6.07) is 17.5. The molecule has 1 nitrogen and oxygen atoms in total. The average Bonchev–Trinajstić information content (AvgIpc) is 2.74. The first-order chi connectivity index (χ1) is 13.1. The van der Waals surface area contributed by atoms with Gasteiger partial charge in [-0.15, -0.1) is 0 Å². The fraction of sp³-hybridized carbons (Fsp3) is 0.423. The van der Waals surface area contributed by atoms with Crippen LogP contribution in [0.4, 0.5) is 0 Å². The lowest BCUT2D eigenvalue weighted by molar-refractivity contribution is -0.115. The molecule has 1 heteroatoms. The van der Waals surface area contributed by atoms with Crippen molar-refractivity contribution in [3.8, 4) is 11.1 Å². The van der Waals surface area contributed by atoms with Gasteiger partial charge in [0.15, 0.2) is 5.78 Å². The molecule has 1 aliphatic rings. The third-order valence-electron chi connectivity index (χ3n) is 6.30. The topological polar surface area (TPSA) is 17.1 Å². The maximum atomic E-state index is 11.8. The maximum Gasteiger partial charge on any atom is 0.162 e. The van der Waals surface area contributed by atoms with Gasteiger partial charge in [-0.1, -0.05) is 81.8 Å². The minimum atomic E-state index is -0.123. The van der Waals surface area contributed by atoms with E-state index in [0.717, 1.165) is 17.4 Å². The highest BCUT2D eigenvalue weighted by Gasteiger charge is 2.21. The molecule has 0 spiro atoms. The van der Waals surface area contributed by atoms with Gasteiger partial charge in [-0.25, -0.2) is 0 Å². The third-order valence-corrected chi connectivity index (χ3v) is 6.30. The minimum absolute atomic E-state index is 0.0701. The average molecular weight is 361 g/mol. The van der Waals surface area contributed by atoms with Crippen molar-refractivity contribution in [1.29, 1.82) is 0 Å². The molecule has 2 aromatic rings. The fourth-order valence-electron chi connectivity index (χ4n) is 4.45. The van der Waals surface area contributed by atoms with E-state index in [4.69, 9.17) is 0 Å². The van der Waals surface area contributed by atoms with E-state index in [1.54, 1.807) is 0 Å². The van der Waals surface area contributed by atoms with Crippen molar-refractivity contribution in [1.82, 2.24) is 0 Å². The molecule has 0 bridgehead atoms. The summed E-state index contributed by atoms with van der Waals surface area (Å²) in [4.78, 5) is 11.8. The zero-order valence-corrected chi connectivity index (χ0v) is 16.8. The van der Waals surface area contributed by atoms with Crippen molar-refractivity contribution in [2.24, 2.45) is 5.92 Å². The van der Waals surface area contributed by atoms with Gasteiger partial charge in [0.05, 0.1) is 0 Å². The smallest absolute Gasteiger partial charge is 0.162 e. The van der Waals surface area contributed by atoms with Crippen LogP contribution in [-0.4, -0.2) is 5.78 Å². The van der Waals surface area contributed by atoms with Crippen molar-refractivity contribution in [2.75, 3.05) is 0 Å². The number of benzene rings is 2. The first kappa shape index (κ1) is 19.6. The highest BCUT2D eigenvalue weighted by atomic mass is 16.1. The third kappa shape index (κ3) is 4.77. The molecular weight excluding hydrogens is 328 g/mol. The van der Waals surface area contributed by atoms with Gasteiger partial charge in [-0.3, -0.25) is 4.79 Å². The molecule has 0 radical (unpaired) electrons. The van der Waals surface area contributed by atoms with Gasteiger partial charge in [0.25, 0.3) is 0 Å². The van der Waals surface area contributed by atoms with Gasteiger partial charge in [-0.05, 0) is 65.8 Å². The Kier molecular flexibility index (Phi) is 6.66. The Bertz CT molecular complexity index is 746. The summed E-state index contributed by atoms with van der Waals surface area (Å²) in [5.74, 6) is 1.64. The van der Waals surface area contributed by atoms with E-state index in [9.17, 15) is 4.79 Å². The van der Waals surface area contributed by atoms with Crippen LogP contribution in [0.3, 0.4) is 0 Å². The summed E-state index contributed by atoms with van der Waals surface area (Å²) in [6.07, 6.45) is 9.60. The molecule has 142 valence electrons. The molecule has 27 heavy (non-hydrogen) atoms. The lowest BCUT2D eigenvalue weighted by Gasteiger charge is -2.28. The van der Waals surface area contributed by atoms with Crippen LogP contribution >= 0.6 is 0 Å². The van der Waals surface area contributed by atoms with Crippen molar-refractivity contribution in [3.63, 3.8) is 0 Å². The van der Waals surface area contributed by atoms with Crippen LogP contribution in [0.15, 0.2) is 61.2 Å². The lowest BCUT2D eigenvalue weighted by atomic mass is 9.77. The normalized spacial score (nSPS) is 20.8. The molecular formula is C26H32O. The standard InChI is InChI=1S/C26H32O/c1-4-6-20-7-9-22(10-8-20)24-15-17-25(18-16-24)23-13-11-21(12-14-23)19(3)26(27)5-2/h5,11-20,22H,2,4,6-10H2,1,3H3. The number of carbonyl (C=O) groups is 1. The van der Waals surface area contributed by atoms with Gasteiger partial charge in [0.2, 0.25) is 0 Å². The van der Waals surface area contributed by atoms with Crippen LogP contribution < -0.4 is 0 Å². The van der Waals surface area contributed by atoms with Crippen LogP contribution in [0.25, 0.3) is 11.1 Å². The van der Waals surface area contributed by atoms with Gasteiger partial charge in [0.1, 0.15) is 0 Å². The molecule has 0 N–H and O–H groups in total. The Morgan fingerprint density at radius 3 is 2.07 bits per heavy atom. The summed E-state index contributed by atoms with van der Waals surface area (Å²) < 4.78 is 0. The van der Waals surface area contributed by atoms with Gasteiger partial charge >= 0.3 is 0 Å². The second-order valence-electron chi connectivity index (χ2n) is 8.08. The Morgan fingerprint density at radius 2 is 1.56 bits per heavy atom. The van der Waals surface area contributed by atoms with E-state index in [2.05, 4.69) is 62.0 Å². The molecule has 1 unspecified atom stereocenters. The Labute approximate surface area is 164 Å². The number of ketones is 1. The van der Waals surface area contributed by atoms with Crippen LogP contribution in [0, 0.1) is 5.92 Å². The summed E-state index contributed by atoms with van der Waals surface area (Å²) >= 11 is 0. The van der Waals surface area contributed by atoms with Crippen LogP contribution in [0.1, 0.15) is 75.3 Å². The predicted molar refractivity (Wildman–Crippen MR) is 115 cm³/mol. The fourth-order valence-corrected chi connectivity index (χ4v) is 4.45. The molecule has 1 fully saturated rings. The quantitative estimate of drug-likeness (QED) is 0.474. The van der Waals surface area contributed by atoms with Crippen molar-refractivity contribution in [3.05, 3.63) is 72.3 Å². The number of allylic oxidation sites excluding steroid dienone is 1. The first-order valence-corrected chi connectivity index (χ1v) is 10.5. The van der Waals surface area contributed by atoms with Crippen LogP contribution in [0.2, 0.25) is 0 Å². The Hall–Kier alpha value is -2.15. The maximum absolute atomic E-state index is 11.8. The van der Waals surface area contributed by atoms with E-state index in [0.29, 0.717) is 0 Å². The number of hydrogen-bond donors (Lipinski definition) is 0. The molecule has 3 rings (SSSR count). The molecule has 1 atom stereocenters. The number of carbonyl (C=O) groups excluding carboxylic acids is 1. The van der Waals surface area contributed by atoms with E-state index >= 15 is 0 Å². The Balaban J connectivity index is 1.65. The summed E-state index contributed by atoms with van der Waals surface area (Å²) in [5.41, 5.74) is 4.99. The van der Waals surface area contributed by atoms with Gasteiger partial charge in [0, 0.05) is 5.92 Å². The molecule has 2 aromatic carbocycles. The minimum Gasteiger partial charge on any atom is -0.294 e. The van der Waals surface area contributed by atoms with E-state index in [1.807, 2.05) is 6.92 Å². The molecule has 0 aromatic heterocycles. The molecule has 1 aliphatic carbocycles. The van der Waals surface area contributed by atoms with Gasteiger partial charge in [-0.2, -0.15) is 0 Å². The number of rotatable bonds is 7. The molecule has 0 aliphatic heterocycles. The van der Waals surface area contributed by atoms with Crippen molar-refractivity contribution < 1.29 is 4.79 Å². The summed E-state index contributed by atoms with van der Waals surface area (Å²) in [5, 5.41) is 0. The highest BCUT2D eigenvalue weighted by Crippen LogP contribution is 2.38. The van der Waals surface area contributed by atoms with Crippen LogP contribution in [0.5, 0.6) is 0 Å². The van der Waals surface area contributed by atoms with Crippen LogP contribution in [-0.2, 0) is 4.79 Å². The molecule has 0 saturated heterocycles. The monoisotopic (exact) mass is 360 g/mol. The molecule has 0 amide bonds. The molecule has 0 heterocycles. The SMILES string of the molecule is C=CC(=O)C(C)c1ccc(-c2ccc(C3CCC(CCC)CC3)cc2)cc1. The lowest BCUT2D eigenvalue weighted by Crippen LogP contribution is -2.13. The van der Waals surface area contributed by atoms with Crippen molar-refractivity contribution >= 4 is 5.78 Å². The van der Waals surface area contributed by atoms with E-state index in [1.165, 1.54) is 61.3 Å². The second-order valence-corrected chi connectivity index (χ2v) is 8.08. The second kappa shape index (κ2) is 9.17. The van der Waals surface area contributed by atoms with E-state index < -0.39 is 0 Å². The largest absolute Gasteiger partial charge is 0.294 e.